The summed E-state index contributed by atoms with van der Waals surface area (Å²) in [6.07, 6.45) is 2.52. The molecule has 1 saturated heterocycles. The van der Waals surface area contributed by atoms with Gasteiger partial charge in [-0.05, 0) is 31.3 Å². The Labute approximate surface area is 72.8 Å². The highest BCUT2D eigenvalue weighted by Gasteiger charge is 2.14. The topological polar surface area (TPSA) is 32.3 Å². The highest BCUT2D eigenvalue weighted by Crippen LogP contribution is 2.17. The fourth-order valence-corrected chi connectivity index (χ4v) is 2.43. The second-order valence-electron chi connectivity index (χ2n) is 3.14. The van der Waals surface area contributed by atoms with Gasteiger partial charge in [0.15, 0.2) is 0 Å². The van der Waals surface area contributed by atoms with E-state index in [0.717, 1.165) is 0 Å². The predicted octanol–water partition coefficient (Wildman–Crippen LogP) is 0.852. The second-order valence-corrected chi connectivity index (χ2v) is 4.36. The van der Waals surface area contributed by atoms with Crippen molar-refractivity contribution >= 4 is 11.8 Å². The molecule has 0 radical (unpaired) electrons. The Morgan fingerprint density at radius 1 is 1.55 bits per heavy atom. The highest BCUT2D eigenvalue weighted by molar-refractivity contribution is 7.99. The summed E-state index contributed by atoms with van der Waals surface area (Å²) in [5, 5.41) is 12.2. The SMILES string of the molecule is C[C@@H](CO)NC1CCSCC1. The van der Waals surface area contributed by atoms with E-state index in [-0.39, 0.29) is 12.6 Å². The first-order valence-corrected chi connectivity index (χ1v) is 5.43. The summed E-state index contributed by atoms with van der Waals surface area (Å²) in [7, 11) is 0. The first kappa shape index (κ1) is 9.36. The zero-order chi connectivity index (χ0) is 8.10. The summed E-state index contributed by atoms with van der Waals surface area (Å²) in [5.41, 5.74) is 0. The number of rotatable bonds is 3. The van der Waals surface area contributed by atoms with Crippen LogP contribution in [0.1, 0.15) is 19.8 Å². The van der Waals surface area contributed by atoms with E-state index in [1.807, 2.05) is 18.7 Å². The quantitative estimate of drug-likeness (QED) is 0.667. The van der Waals surface area contributed by atoms with Crippen molar-refractivity contribution < 1.29 is 5.11 Å². The fourth-order valence-electron chi connectivity index (χ4n) is 1.32. The molecular weight excluding hydrogens is 158 g/mol. The molecule has 0 spiro atoms. The molecule has 1 heterocycles. The number of hydrogen-bond donors (Lipinski definition) is 2. The van der Waals surface area contributed by atoms with Crippen LogP contribution in [-0.2, 0) is 0 Å². The smallest absolute Gasteiger partial charge is 0.0582 e. The monoisotopic (exact) mass is 175 g/mol. The van der Waals surface area contributed by atoms with Gasteiger partial charge in [0.25, 0.3) is 0 Å². The molecule has 0 unspecified atom stereocenters. The van der Waals surface area contributed by atoms with Gasteiger partial charge in [-0.15, -0.1) is 0 Å². The zero-order valence-electron chi connectivity index (χ0n) is 7.05. The van der Waals surface area contributed by atoms with Crippen LogP contribution in [0.2, 0.25) is 0 Å². The predicted molar refractivity (Wildman–Crippen MR) is 50.0 cm³/mol. The molecule has 3 heteroatoms. The molecule has 0 amide bonds. The number of hydrogen-bond acceptors (Lipinski definition) is 3. The van der Waals surface area contributed by atoms with Crippen LogP contribution in [0.5, 0.6) is 0 Å². The van der Waals surface area contributed by atoms with Gasteiger partial charge < -0.3 is 10.4 Å². The van der Waals surface area contributed by atoms with Crippen molar-refractivity contribution in [2.75, 3.05) is 18.1 Å². The van der Waals surface area contributed by atoms with Crippen molar-refractivity contribution in [3.63, 3.8) is 0 Å². The Bertz CT molecular complexity index is 104. The average molecular weight is 175 g/mol. The van der Waals surface area contributed by atoms with E-state index in [2.05, 4.69) is 5.32 Å². The summed E-state index contributed by atoms with van der Waals surface area (Å²) in [6.45, 7) is 2.28. The number of aliphatic hydroxyl groups excluding tert-OH is 1. The molecule has 0 aromatic heterocycles. The third kappa shape index (κ3) is 3.45. The van der Waals surface area contributed by atoms with E-state index in [1.165, 1.54) is 24.3 Å². The molecule has 1 aliphatic rings. The Balaban J connectivity index is 2.13. The van der Waals surface area contributed by atoms with Crippen LogP contribution >= 0.6 is 11.8 Å². The molecule has 0 saturated carbocycles. The van der Waals surface area contributed by atoms with E-state index >= 15 is 0 Å². The van der Waals surface area contributed by atoms with Gasteiger partial charge in [0.05, 0.1) is 6.61 Å². The van der Waals surface area contributed by atoms with Gasteiger partial charge in [-0.3, -0.25) is 0 Å². The summed E-state index contributed by atoms with van der Waals surface area (Å²) < 4.78 is 0. The van der Waals surface area contributed by atoms with Gasteiger partial charge in [0, 0.05) is 12.1 Å². The Kier molecular flexibility index (Phi) is 4.26. The fraction of sp³-hybridized carbons (Fsp3) is 1.00. The van der Waals surface area contributed by atoms with Gasteiger partial charge in [-0.2, -0.15) is 11.8 Å². The van der Waals surface area contributed by atoms with Crippen LogP contribution in [-0.4, -0.2) is 35.3 Å². The number of thioether (sulfide) groups is 1. The lowest BCUT2D eigenvalue weighted by Crippen LogP contribution is -2.40. The van der Waals surface area contributed by atoms with E-state index in [4.69, 9.17) is 5.11 Å². The van der Waals surface area contributed by atoms with Crippen molar-refractivity contribution in [1.82, 2.24) is 5.32 Å². The molecule has 1 atom stereocenters. The standard InChI is InChI=1S/C8H17NOS/c1-7(6-10)9-8-2-4-11-5-3-8/h7-10H,2-6H2,1H3/t7-/m0/s1. The molecule has 1 rings (SSSR count). The van der Waals surface area contributed by atoms with E-state index in [0.29, 0.717) is 6.04 Å². The average Bonchev–Trinajstić information content (AvgIpc) is 2.06. The molecule has 1 aliphatic heterocycles. The molecule has 11 heavy (non-hydrogen) atoms. The van der Waals surface area contributed by atoms with Gasteiger partial charge in [-0.1, -0.05) is 0 Å². The maximum absolute atomic E-state index is 8.80. The normalized spacial score (nSPS) is 23.5. The van der Waals surface area contributed by atoms with Crippen LogP contribution in [0.4, 0.5) is 0 Å². The van der Waals surface area contributed by atoms with Gasteiger partial charge >= 0.3 is 0 Å². The third-order valence-corrected chi connectivity index (χ3v) is 3.06. The molecule has 0 aliphatic carbocycles. The Morgan fingerprint density at radius 3 is 2.73 bits per heavy atom. The molecular formula is C8H17NOS. The molecule has 2 nitrogen and oxygen atoms in total. The number of aliphatic hydroxyl groups is 1. The van der Waals surface area contributed by atoms with E-state index in [1.54, 1.807) is 0 Å². The van der Waals surface area contributed by atoms with Crippen LogP contribution < -0.4 is 5.32 Å². The second kappa shape index (κ2) is 5.01. The maximum atomic E-state index is 8.80. The Hall–Kier alpha value is 0.270. The van der Waals surface area contributed by atoms with Crippen LogP contribution in [0.25, 0.3) is 0 Å². The lowest BCUT2D eigenvalue weighted by atomic mass is 10.1. The van der Waals surface area contributed by atoms with Crippen molar-refractivity contribution in [1.29, 1.82) is 0 Å². The summed E-state index contributed by atoms with van der Waals surface area (Å²) >= 11 is 2.03. The number of nitrogens with one attached hydrogen (secondary N) is 1. The summed E-state index contributed by atoms with van der Waals surface area (Å²) in [4.78, 5) is 0. The molecule has 66 valence electrons. The lowest BCUT2D eigenvalue weighted by molar-refractivity contribution is 0.238. The lowest BCUT2D eigenvalue weighted by Gasteiger charge is -2.25. The van der Waals surface area contributed by atoms with Gasteiger partial charge in [0.2, 0.25) is 0 Å². The summed E-state index contributed by atoms with van der Waals surface area (Å²) in [5.74, 6) is 2.55. The minimum atomic E-state index is 0.254. The highest BCUT2D eigenvalue weighted by atomic mass is 32.2. The first-order chi connectivity index (χ1) is 5.33. The molecule has 2 N–H and O–H groups in total. The molecule has 0 aromatic carbocycles. The molecule has 0 aromatic rings. The van der Waals surface area contributed by atoms with E-state index < -0.39 is 0 Å². The van der Waals surface area contributed by atoms with Gasteiger partial charge in [0.1, 0.15) is 0 Å². The van der Waals surface area contributed by atoms with Crippen molar-refractivity contribution in [2.45, 2.75) is 31.8 Å². The maximum Gasteiger partial charge on any atom is 0.0582 e. The van der Waals surface area contributed by atoms with Crippen molar-refractivity contribution in [2.24, 2.45) is 0 Å². The minimum absolute atomic E-state index is 0.254. The molecule has 0 bridgehead atoms. The Morgan fingerprint density at radius 2 is 2.18 bits per heavy atom. The molecule has 1 fully saturated rings. The van der Waals surface area contributed by atoms with Crippen LogP contribution in [0, 0.1) is 0 Å². The van der Waals surface area contributed by atoms with Gasteiger partial charge in [-0.25, -0.2) is 0 Å². The van der Waals surface area contributed by atoms with Crippen molar-refractivity contribution in [3.8, 4) is 0 Å². The largest absolute Gasteiger partial charge is 0.395 e. The van der Waals surface area contributed by atoms with E-state index in [9.17, 15) is 0 Å². The zero-order valence-corrected chi connectivity index (χ0v) is 7.86. The minimum Gasteiger partial charge on any atom is -0.395 e. The third-order valence-electron chi connectivity index (χ3n) is 2.02. The summed E-state index contributed by atoms with van der Waals surface area (Å²) in [6, 6.07) is 0.918. The van der Waals surface area contributed by atoms with Crippen LogP contribution in [0.3, 0.4) is 0 Å². The first-order valence-electron chi connectivity index (χ1n) is 4.27. The van der Waals surface area contributed by atoms with Crippen molar-refractivity contribution in [3.05, 3.63) is 0 Å². The van der Waals surface area contributed by atoms with Crippen LogP contribution in [0.15, 0.2) is 0 Å².